The van der Waals surface area contributed by atoms with Crippen LogP contribution in [0, 0.1) is 0 Å². The Hall–Kier alpha value is -2.05. The third-order valence-corrected chi connectivity index (χ3v) is 3.54. The van der Waals surface area contributed by atoms with E-state index in [1.807, 2.05) is 20.8 Å². The zero-order valence-electron chi connectivity index (χ0n) is 13.3. The molecule has 0 spiro atoms. The van der Waals surface area contributed by atoms with Crippen molar-refractivity contribution in [2.45, 2.75) is 40.2 Å². The number of nitrogens with two attached hydrogens (primary N) is 1. The molecule has 1 atom stereocenters. The van der Waals surface area contributed by atoms with Gasteiger partial charge in [-0.05, 0) is 20.8 Å². The second-order valence-electron chi connectivity index (χ2n) is 4.66. The molecule has 0 fully saturated rings. The molecule has 0 bridgehead atoms. The minimum absolute atomic E-state index is 0.0461. The van der Waals surface area contributed by atoms with Gasteiger partial charge in [0.05, 0.1) is 7.11 Å². The van der Waals surface area contributed by atoms with Crippen molar-refractivity contribution < 1.29 is 14.3 Å². The van der Waals surface area contributed by atoms with Gasteiger partial charge in [0.25, 0.3) is 0 Å². The third-order valence-electron chi connectivity index (χ3n) is 3.54. The van der Waals surface area contributed by atoms with Crippen LogP contribution < -0.4 is 5.73 Å². The van der Waals surface area contributed by atoms with Crippen LogP contribution in [0.25, 0.3) is 0 Å². The number of nitrogen functional groups attached to an aromatic ring is 1. The molecule has 1 rings (SSSR count). The van der Waals surface area contributed by atoms with Crippen molar-refractivity contribution in [3.63, 3.8) is 0 Å². The Balaban J connectivity index is 3.25. The summed E-state index contributed by atoms with van der Waals surface area (Å²) in [6.45, 7) is 8.75. The van der Waals surface area contributed by atoms with Crippen LogP contribution in [-0.2, 0) is 16.0 Å². The minimum Gasteiger partial charge on any atom is -0.464 e. The van der Waals surface area contributed by atoms with Crippen molar-refractivity contribution in [3.8, 4) is 0 Å². The first kappa shape index (κ1) is 17.0. The number of hydrogen-bond donors (Lipinski definition) is 1. The molecule has 118 valence electrons. The molecule has 1 unspecified atom stereocenters. The van der Waals surface area contributed by atoms with Crippen molar-refractivity contribution in [3.05, 3.63) is 11.5 Å². The summed E-state index contributed by atoms with van der Waals surface area (Å²) in [7, 11) is 1.27. The fraction of sp³-hybridized carbons (Fsp3) is 0.643. The van der Waals surface area contributed by atoms with Crippen molar-refractivity contribution in [1.82, 2.24) is 14.5 Å². The lowest BCUT2D eigenvalue weighted by Crippen LogP contribution is -2.36. The summed E-state index contributed by atoms with van der Waals surface area (Å²) in [5, 5.41) is 0. The predicted octanol–water partition coefficient (Wildman–Crippen LogP) is 1.24. The predicted molar refractivity (Wildman–Crippen MR) is 80.0 cm³/mol. The number of carbonyl (C=O) groups is 2. The molecule has 2 N–H and O–H groups in total. The van der Waals surface area contributed by atoms with Gasteiger partial charge >= 0.3 is 5.97 Å². The van der Waals surface area contributed by atoms with Gasteiger partial charge in [0, 0.05) is 19.5 Å². The normalized spacial score (nSPS) is 12.0. The number of amides is 1. The summed E-state index contributed by atoms with van der Waals surface area (Å²) in [4.78, 5) is 30.1. The topological polar surface area (TPSA) is 90.4 Å². The Morgan fingerprint density at radius 1 is 1.33 bits per heavy atom. The molecule has 0 aliphatic carbocycles. The van der Waals surface area contributed by atoms with E-state index in [9.17, 15) is 9.59 Å². The van der Waals surface area contributed by atoms with Crippen LogP contribution >= 0.6 is 0 Å². The van der Waals surface area contributed by atoms with Gasteiger partial charge in [-0.3, -0.25) is 4.79 Å². The van der Waals surface area contributed by atoms with E-state index < -0.39 is 12.0 Å². The van der Waals surface area contributed by atoms with Crippen LogP contribution in [0.1, 0.15) is 50.0 Å². The average molecular weight is 296 g/mol. The van der Waals surface area contributed by atoms with E-state index >= 15 is 0 Å². The summed E-state index contributed by atoms with van der Waals surface area (Å²) in [6, 6.07) is -0.509. The number of aryl methyl sites for hydroxylation is 1. The highest BCUT2D eigenvalue weighted by atomic mass is 16.5. The number of esters is 1. The van der Waals surface area contributed by atoms with Crippen molar-refractivity contribution in [1.29, 1.82) is 0 Å². The second-order valence-corrected chi connectivity index (χ2v) is 4.66. The van der Waals surface area contributed by atoms with Crippen LogP contribution in [-0.4, -0.2) is 46.5 Å². The lowest BCUT2D eigenvalue weighted by molar-refractivity contribution is -0.133. The summed E-state index contributed by atoms with van der Waals surface area (Å²) in [5.74, 6) is 0.131. The summed E-state index contributed by atoms with van der Waals surface area (Å²) in [6.07, 6.45) is 0.567. The van der Waals surface area contributed by atoms with E-state index in [-0.39, 0.29) is 17.4 Å². The molecule has 1 heterocycles. The molecule has 7 heteroatoms. The van der Waals surface area contributed by atoms with Gasteiger partial charge in [-0.2, -0.15) is 0 Å². The summed E-state index contributed by atoms with van der Waals surface area (Å²) >= 11 is 0. The van der Waals surface area contributed by atoms with Gasteiger partial charge in [0.1, 0.15) is 17.7 Å². The van der Waals surface area contributed by atoms with Crippen molar-refractivity contribution >= 4 is 17.7 Å². The molecular weight excluding hydrogens is 272 g/mol. The molecule has 0 saturated carbocycles. The van der Waals surface area contributed by atoms with Gasteiger partial charge in [-0.15, -0.1) is 0 Å². The number of carbonyl (C=O) groups excluding carboxylic acids is 2. The molecule has 21 heavy (non-hydrogen) atoms. The maximum atomic E-state index is 12.5. The number of anilines is 1. The lowest BCUT2D eigenvalue weighted by atomic mass is 10.2. The summed E-state index contributed by atoms with van der Waals surface area (Å²) in [5.41, 5.74) is 6.07. The van der Waals surface area contributed by atoms with E-state index in [0.29, 0.717) is 25.3 Å². The Kier molecular flexibility index (Phi) is 5.75. The number of nitrogens with zero attached hydrogens (tertiary/aromatic N) is 3. The van der Waals surface area contributed by atoms with Crippen LogP contribution in [0.3, 0.4) is 0 Å². The molecule has 7 nitrogen and oxygen atoms in total. The number of imidazole rings is 1. The van der Waals surface area contributed by atoms with Gasteiger partial charge in [-0.25, -0.2) is 9.78 Å². The Morgan fingerprint density at radius 3 is 2.33 bits per heavy atom. The van der Waals surface area contributed by atoms with E-state index in [0.717, 1.165) is 0 Å². The van der Waals surface area contributed by atoms with Crippen molar-refractivity contribution in [2.24, 2.45) is 0 Å². The second kappa shape index (κ2) is 7.10. The molecule has 0 saturated heterocycles. The lowest BCUT2D eigenvalue weighted by Gasteiger charge is -2.25. The molecule has 0 radical (unpaired) electrons. The first-order valence-corrected chi connectivity index (χ1v) is 7.16. The quantitative estimate of drug-likeness (QED) is 0.798. The smallest absolute Gasteiger partial charge is 0.360 e. The van der Waals surface area contributed by atoms with Crippen molar-refractivity contribution in [2.75, 3.05) is 25.9 Å². The van der Waals surface area contributed by atoms with Gasteiger partial charge in [0.2, 0.25) is 5.91 Å². The highest BCUT2D eigenvalue weighted by Gasteiger charge is 2.28. The van der Waals surface area contributed by atoms with E-state index in [2.05, 4.69) is 9.72 Å². The Labute approximate surface area is 125 Å². The van der Waals surface area contributed by atoms with Crippen LogP contribution in [0.4, 0.5) is 5.82 Å². The Morgan fingerprint density at radius 2 is 1.90 bits per heavy atom. The maximum Gasteiger partial charge on any atom is 0.360 e. The molecule has 1 aromatic rings. The van der Waals surface area contributed by atoms with E-state index in [4.69, 9.17) is 5.73 Å². The van der Waals surface area contributed by atoms with Gasteiger partial charge in [-0.1, -0.05) is 6.92 Å². The number of hydrogen-bond acceptors (Lipinski definition) is 5. The van der Waals surface area contributed by atoms with E-state index in [1.54, 1.807) is 16.4 Å². The molecule has 0 aromatic carbocycles. The zero-order chi connectivity index (χ0) is 16.2. The number of rotatable bonds is 6. The third kappa shape index (κ3) is 3.17. The van der Waals surface area contributed by atoms with Gasteiger partial charge in [0.15, 0.2) is 5.69 Å². The molecule has 0 aliphatic heterocycles. The number of methoxy groups -OCH3 is 1. The first-order valence-electron chi connectivity index (χ1n) is 7.16. The number of likely N-dealkylation sites (N-methyl/N-ethyl adjacent to an activating group) is 1. The fourth-order valence-corrected chi connectivity index (χ4v) is 2.33. The summed E-state index contributed by atoms with van der Waals surface area (Å²) < 4.78 is 6.29. The zero-order valence-corrected chi connectivity index (χ0v) is 13.3. The Bertz CT molecular complexity index is 521. The standard InChI is InChI=1S/C14H24N4O3/c1-6-10-16-11(14(20)21-5)12(15)18(10)9(4)13(19)17(7-2)8-3/h9H,6-8,15H2,1-5H3. The molecule has 1 aromatic heterocycles. The molecule has 1 amide bonds. The fourth-order valence-electron chi connectivity index (χ4n) is 2.33. The highest BCUT2D eigenvalue weighted by molar-refractivity contribution is 5.93. The largest absolute Gasteiger partial charge is 0.464 e. The molecule has 0 aliphatic rings. The average Bonchev–Trinajstić information content (AvgIpc) is 2.83. The van der Waals surface area contributed by atoms with Crippen LogP contribution in [0.5, 0.6) is 0 Å². The van der Waals surface area contributed by atoms with Gasteiger partial charge < -0.3 is 19.9 Å². The minimum atomic E-state index is -0.594. The monoisotopic (exact) mass is 296 g/mol. The van der Waals surface area contributed by atoms with E-state index in [1.165, 1.54) is 7.11 Å². The SMILES string of the molecule is CCc1nc(C(=O)OC)c(N)n1C(C)C(=O)N(CC)CC. The first-order chi connectivity index (χ1) is 9.92. The maximum absolute atomic E-state index is 12.5. The van der Waals surface area contributed by atoms with Crippen LogP contribution in [0.15, 0.2) is 0 Å². The molecular formula is C14H24N4O3. The van der Waals surface area contributed by atoms with Crippen LogP contribution in [0.2, 0.25) is 0 Å². The number of ether oxygens (including phenoxy) is 1. The number of aromatic nitrogens is 2. The highest BCUT2D eigenvalue weighted by Crippen LogP contribution is 2.23.